The van der Waals surface area contributed by atoms with Crippen molar-refractivity contribution >= 4 is 23.5 Å². The molecule has 0 fully saturated rings. The van der Waals surface area contributed by atoms with Crippen LogP contribution in [-0.2, 0) is 19.1 Å². The molecule has 0 spiro atoms. The van der Waals surface area contributed by atoms with Crippen LogP contribution in [0, 0.1) is 11.8 Å². The lowest BCUT2D eigenvalue weighted by atomic mass is 10.1. The van der Waals surface area contributed by atoms with E-state index in [4.69, 9.17) is 21.1 Å². The number of carbonyl (C=O) groups excluding carboxylic acids is 2. The summed E-state index contributed by atoms with van der Waals surface area (Å²) in [5, 5.41) is 0. The van der Waals surface area contributed by atoms with Gasteiger partial charge < -0.3 is 9.47 Å². The molecule has 0 N–H and O–H groups in total. The van der Waals surface area contributed by atoms with Gasteiger partial charge >= 0.3 is 11.9 Å². The highest BCUT2D eigenvalue weighted by atomic mass is 35.5. The number of carbonyl (C=O) groups is 2. The van der Waals surface area contributed by atoms with E-state index in [0.29, 0.717) is 19.4 Å². The second-order valence-corrected chi connectivity index (χ2v) is 7.09. The van der Waals surface area contributed by atoms with E-state index < -0.39 is 0 Å². The number of alkyl halides is 1. The quantitative estimate of drug-likeness (QED) is 0.142. The molecule has 0 rings (SSSR count). The fraction of sp³-hybridized carbons (Fsp3) is 0.818. The highest BCUT2D eigenvalue weighted by Gasteiger charge is 2.12. The summed E-state index contributed by atoms with van der Waals surface area (Å²) in [6.45, 7) is 4.53. The van der Waals surface area contributed by atoms with Gasteiger partial charge in [0.25, 0.3) is 0 Å². The Morgan fingerprint density at radius 1 is 0.889 bits per heavy atom. The molecule has 0 bridgehead atoms. The van der Waals surface area contributed by atoms with Gasteiger partial charge in [-0.3, -0.25) is 9.59 Å². The van der Waals surface area contributed by atoms with Crippen LogP contribution in [0.3, 0.4) is 0 Å². The summed E-state index contributed by atoms with van der Waals surface area (Å²) in [6, 6.07) is 0. The molecule has 1 unspecified atom stereocenters. The average molecular weight is 401 g/mol. The highest BCUT2D eigenvalue weighted by molar-refractivity contribution is 6.17. The van der Waals surface area contributed by atoms with Gasteiger partial charge in [0.1, 0.15) is 6.10 Å². The number of hydrogen-bond acceptors (Lipinski definition) is 4. The lowest BCUT2D eigenvalue weighted by Gasteiger charge is -2.13. The topological polar surface area (TPSA) is 52.6 Å². The Morgan fingerprint density at radius 2 is 1.56 bits per heavy atom. The number of rotatable bonds is 16. The maximum atomic E-state index is 11.9. The molecule has 0 radical (unpaired) electrons. The van der Waals surface area contributed by atoms with E-state index in [0.717, 1.165) is 50.8 Å². The van der Waals surface area contributed by atoms with Crippen molar-refractivity contribution < 1.29 is 19.1 Å². The van der Waals surface area contributed by atoms with E-state index >= 15 is 0 Å². The molecule has 0 aliphatic carbocycles. The SMILES string of the molecule is CCCC#CCC(CC)OC(=O)CCCC(=O)OCCCCCCCCCl. The second kappa shape index (κ2) is 19.5. The molecule has 0 aliphatic heterocycles. The van der Waals surface area contributed by atoms with Crippen LogP contribution in [0.1, 0.15) is 97.3 Å². The zero-order chi connectivity index (χ0) is 20.2. The number of esters is 2. The van der Waals surface area contributed by atoms with Crippen LogP contribution in [0.25, 0.3) is 0 Å². The number of unbranched alkanes of at least 4 members (excludes halogenated alkanes) is 6. The molecule has 4 nitrogen and oxygen atoms in total. The third-order valence-corrected chi connectivity index (χ3v) is 4.40. The number of hydrogen-bond donors (Lipinski definition) is 0. The molecule has 0 saturated heterocycles. The highest BCUT2D eigenvalue weighted by Crippen LogP contribution is 2.09. The van der Waals surface area contributed by atoms with E-state index in [-0.39, 0.29) is 30.9 Å². The molecule has 27 heavy (non-hydrogen) atoms. The molecule has 5 heteroatoms. The molecule has 0 heterocycles. The van der Waals surface area contributed by atoms with Gasteiger partial charge in [-0.2, -0.15) is 0 Å². The van der Waals surface area contributed by atoms with Crippen molar-refractivity contribution in [2.75, 3.05) is 12.5 Å². The Bertz CT molecular complexity index is 439. The smallest absolute Gasteiger partial charge is 0.306 e. The third-order valence-electron chi connectivity index (χ3n) is 4.14. The monoisotopic (exact) mass is 400 g/mol. The van der Waals surface area contributed by atoms with Crippen LogP contribution >= 0.6 is 11.6 Å². The van der Waals surface area contributed by atoms with E-state index in [1.54, 1.807) is 0 Å². The minimum Gasteiger partial charge on any atom is -0.466 e. The van der Waals surface area contributed by atoms with Crippen molar-refractivity contribution in [1.29, 1.82) is 0 Å². The van der Waals surface area contributed by atoms with Crippen LogP contribution in [0.15, 0.2) is 0 Å². The van der Waals surface area contributed by atoms with Crippen molar-refractivity contribution in [2.24, 2.45) is 0 Å². The van der Waals surface area contributed by atoms with Gasteiger partial charge in [-0.15, -0.1) is 17.5 Å². The predicted octanol–water partition coefficient (Wildman–Crippen LogP) is 5.79. The summed E-state index contributed by atoms with van der Waals surface area (Å²) in [5.74, 6) is 6.36. The summed E-state index contributed by atoms with van der Waals surface area (Å²) >= 11 is 5.63. The van der Waals surface area contributed by atoms with Crippen LogP contribution in [0.5, 0.6) is 0 Å². The molecule has 0 aromatic heterocycles. The molecule has 0 aromatic rings. The Morgan fingerprint density at radius 3 is 2.22 bits per heavy atom. The Labute approximate surface area is 170 Å². The maximum absolute atomic E-state index is 11.9. The number of ether oxygens (including phenoxy) is 2. The largest absolute Gasteiger partial charge is 0.466 e. The van der Waals surface area contributed by atoms with Gasteiger partial charge in [-0.25, -0.2) is 0 Å². The Hall–Kier alpha value is -1.21. The van der Waals surface area contributed by atoms with Crippen molar-refractivity contribution in [1.82, 2.24) is 0 Å². The molecule has 0 aromatic carbocycles. The van der Waals surface area contributed by atoms with Gasteiger partial charge in [0, 0.05) is 31.6 Å². The molecular weight excluding hydrogens is 364 g/mol. The van der Waals surface area contributed by atoms with Gasteiger partial charge in [-0.1, -0.05) is 45.5 Å². The Kier molecular flexibility index (Phi) is 18.7. The predicted molar refractivity (Wildman–Crippen MR) is 111 cm³/mol. The average Bonchev–Trinajstić information content (AvgIpc) is 2.66. The molecule has 0 aliphatic rings. The molecular formula is C22H37ClO4. The van der Waals surface area contributed by atoms with Gasteiger partial charge in [0.05, 0.1) is 6.61 Å². The fourth-order valence-corrected chi connectivity index (χ4v) is 2.64. The fourth-order valence-electron chi connectivity index (χ4n) is 2.45. The lowest BCUT2D eigenvalue weighted by Crippen LogP contribution is -2.17. The molecule has 156 valence electrons. The van der Waals surface area contributed by atoms with E-state index in [2.05, 4.69) is 18.8 Å². The normalized spacial score (nSPS) is 11.4. The van der Waals surface area contributed by atoms with Crippen molar-refractivity contribution in [2.45, 2.75) is 103 Å². The first kappa shape index (κ1) is 25.8. The summed E-state index contributed by atoms with van der Waals surface area (Å²) in [6.07, 6.45) is 10.6. The Balaban J connectivity index is 3.66. The zero-order valence-electron chi connectivity index (χ0n) is 17.2. The second-order valence-electron chi connectivity index (χ2n) is 6.71. The van der Waals surface area contributed by atoms with Crippen LogP contribution < -0.4 is 0 Å². The van der Waals surface area contributed by atoms with E-state index in [9.17, 15) is 9.59 Å². The third kappa shape index (κ3) is 17.9. The summed E-state index contributed by atoms with van der Waals surface area (Å²) in [5.41, 5.74) is 0. The van der Waals surface area contributed by atoms with Crippen LogP contribution in [-0.4, -0.2) is 30.5 Å². The number of halogens is 1. The zero-order valence-corrected chi connectivity index (χ0v) is 18.0. The minimum absolute atomic E-state index is 0.154. The van der Waals surface area contributed by atoms with E-state index in [1.165, 1.54) is 12.8 Å². The molecule has 0 amide bonds. The molecule has 0 saturated carbocycles. The van der Waals surface area contributed by atoms with Crippen molar-refractivity contribution in [3.8, 4) is 11.8 Å². The lowest BCUT2D eigenvalue weighted by molar-refractivity contribution is -0.149. The summed E-state index contributed by atoms with van der Waals surface area (Å²) in [7, 11) is 0. The van der Waals surface area contributed by atoms with Gasteiger partial charge in [-0.05, 0) is 32.1 Å². The first-order valence-corrected chi connectivity index (χ1v) is 11.0. The summed E-state index contributed by atoms with van der Waals surface area (Å²) < 4.78 is 10.6. The van der Waals surface area contributed by atoms with Crippen LogP contribution in [0.4, 0.5) is 0 Å². The van der Waals surface area contributed by atoms with Crippen molar-refractivity contribution in [3.63, 3.8) is 0 Å². The standard InChI is InChI=1S/C22H37ClO4/c1-3-5-6-11-15-20(4-2)27-22(25)17-14-16-21(24)26-19-13-10-8-7-9-12-18-23/h20H,3-5,7-10,12-19H2,1-2H3. The van der Waals surface area contributed by atoms with E-state index in [1.807, 2.05) is 6.92 Å². The maximum Gasteiger partial charge on any atom is 0.306 e. The first-order valence-electron chi connectivity index (χ1n) is 10.5. The van der Waals surface area contributed by atoms with Gasteiger partial charge in [0.2, 0.25) is 0 Å². The summed E-state index contributed by atoms with van der Waals surface area (Å²) in [4.78, 5) is 23.5. The van der Waals surface area contributed by atoms with Crippen molar-refractivity contribution in [3.05, 3.63) is 0 Å². The minimum atomic E-state index is -0.260. The first-order chi connectivity index (χ1) is 13.1. The van der Waals surface area contributed by atoms with Crippen LogP contribution in [0.2, 0.25) is 0 Å². The van der Waals surface area contributed by atoms with Gasteiger partial charge in [0.15, 0.2) is 0 Å². The molecule has 1 atom stereocenters.